The molecule has 0 saturated carbocycles. The van der Waals surface area contributed by atoms with Crippen molar-refractivity contribution in [2.75, 3.05) is 6.61 Å². The zero-order chi connectivity index (χ0) is 19.8. The number of fused-ring (bicyclic) bond motifs is 2. The van der Waals surface area contributed by atoms with Crippen LogP contribution in [-0.2, 0) is 11.3 Å². The molecule has 3 heterocycles. The standard InChI is InChI=1S/C20H16FN3O3S/c1-3-27-20(26)17-11(2)15-18(28-17)23-10-24(19(15)25)9-13-8-14(21)7-12-5-4-6-22-16(12)13/h4-8,10H,3,9H2,1-2H3. The zero-order valence-corrected chi connectivity index (χ0v) is 16.0. The van der Waals surface area contributed by atoms with Gasteiger partial charge in [-0.05, 0) is 37.6 Å². The van der Waals surface area contributed by atoms with Gasteiger partial charge < -0.3 is 4.74 Å². The van der Waals surface area contributed by atoms with Gasteiger partial charge in [-0.15, -0.1) is 11.3 Å². The van der Waals surface area contributed by atoms with Crippen LogP contribution in [0, 0.1) is 12.7 Å². The molecule has 0 fully saturated rings. The second-order valence-electron chi connectivity index (χ2n) is 6.27. The topological polar surface area (TPSA) is 74.1 Å². The maximum Gasteiger partial charge on any atom is 0.348 e. The van der Waals surface area contributed by atoms with E-state index in [1.165, 1.54) is 23.0 Å². The second kappa shape index (κ2) is 7.12. The van der Waals surface area contributed by atoms with Gasteiger partial charge in [-0.25, -0.2) is 14.2 Å². The molecule has 4 aromatic rings. The van der Waals surface area contributed by atoms with E-state index < -0.39 is 11.8 Å². The Morgan fingerprint density at radius 1 is 1.32 bits per heavy atom. The second-order valence-corrected chi connectivity index (χ2v) is 7.27. The molecule has 0 atom stereocenters. The third-order valence-electron chi connectivity index (χ3n) is 4.47. The Bertz CT molecular complexity index is 1280. The monoisotopic (exact) mass is 397 g/mol. The highest BCUT2D eigenvalue weighted by molar-refractivity contribution is 7.20. The van der Waals surface area contributed by atoms with E-state index in [0.29, 0.717) is 37.1 Å². The summed E-state index contributed by atoms with van der Waals surface area (Å²) in [7, 11) is 0. The van der Waals surface area contributed by atoms with Crippen LogP contribution in [-0.4, -0.2) is 27.1 Å². The van der Waals surface area contributed by atoms with Crippen LogP contribution in [0.25, 0.3) is 21.1 Å². The van der Waals surface area contributed by atoms with Crippen molar-refractivity contribution in [1.82, 2.24) is 14.5 Å². The average molecular weight is 397 g/mol. The van der Waals surface area contributed by atoms with Crippen LogP contribution >= 0.6 is 11.3 Å². The number of benzene rings is 1. The SMILES string of the molecule is CCOC(=O)c1sc2ncn(Cc3cc(F)cc4cccnc34)c(=O)c2c1C. The molecule has 0 aliphatic carbocycles. The van der Waals surface area contributed by atoms with Gasteiger partial charge in [-0.3, -0.25) is 14.3 Å². The highest BCUT2D eigenvalue weighted by Gasteiger charge is 2.20. The number of esters is 1. The lowest BCUT2D eigenvalue weighted by molar-refractivity contribution is 0.0531. The molecule has 0 aliphatic heterocycles. The maximum atomic E-state index is 14.0. The van der Waals surface area contributed by atoms with Crippen LogP contribution in [0.4, 0.5) is 4.39 Å². The lowest BCUT2D eigenvalue weighted by Gasteiger charge is -2.09. The summed E-state index contributed by atoms with van der Waals surface area (Å²) >= 11 is 1.13. The number of pyridine rings is 1. The first-order valence-electron chi connectivity index (χ1n) is 8.68. The smallest absolute Gasteiger partial charge is 0.348 e. The fraction of sp³-hybridized carbons (Fsp3) is 0.200. The Morgan fingerprint density at radius 2 is 2.14 bits per heavy atom. The van der Waals surface area contributed by atoms with E-state index in [1.807, 2.05) is 0 Å². The lowest BCUT2D eigenvalue weighted by atomic mass is 10.1. The van der Waals surface area contributed by atoms with Crippen molar-refractivity contribution < 1.29 is 13.9 Å². The molecule has 1 aromatic carbocycles. The minimum atomic E-state index is -0.464. The number of thiophene rings is 1. The Labute approximate surface area is 163 Å². The van der Waals surface area contributed by atoms with Crippen LogP contribution in [0.5, 0.6) is 0 Å². The van der Waals surface area contributed by atoms with Gasteiger partial charge in [0.2, 0.25) is 0 Å². The molecule has 6 nitrogen and oxygen atoms in total. The van der Waals surface area contributed by atoms with E-state index in [-0.39, 0.29) is 18.7 Å². The molecule has 28 heavy (non-hydrogen) atoms. The molecule has 0 amide bonds. The molecule has 0 saturated heterocycles. The van der Waals surface area contributed by atoms with Crippen molar-refractivity contribution in [2.24, 2.45) is 0 Å². The first-order valence-corrected chi connectivity index (χ1v) is 9.50. The highest BCUT2D eigenvalue weighted by Crippen LogP contribution is 2.27. The number of ether oxygens (including phenoxy) is 1. The Kier molecular flexibility index (Phi) is 4.64. The average Bonchev–Trinajstić information content (AvgIpc) is 3.01. The normalized spacial score (nSPS) is 11.2. The summed E-state index contributed by atoms with van der Waals surface area (Å²) in [6.45, 7) is 3.81. The van der Waals surface area contributed by atoms with Gasteiger partial charge in [0, 0.05) is 17.1 Å². The van der Waals surface area contributed by atoms with Crippen molar-refractivity contribution in [2.45, 2.75) is 20.4 Å². The molecule has 0 N–H and O–H groups in total. The third kappa shape index (κ3) is 3.05. The van der Waals surface area contributed by atoms with Gasteiger partial charge in [0.15, 0.2) is 0 Å². The van der Waals surface area contributed by atoms with Crippen LogP contribution in [0.1, 0.15) is 27.7 Å². The summed E-state index contributed by atoms with van der Waals surface area (Å²) < 4.78 is 20.5. The Morgan fingerprint density at radius 3 is 2.93 bits per heavy atom. The summed E-state index contributed by atoms with van der Waals surface area (Å²) in [5, 5.41) is 1.04. The Hall–Kier alpha value is -3.13. The minimum Gasteiger partial charge on any atom is -0.462 e. The van der Waals surface area contributed by atoms with Crippen molar-refractivity contribution in [3.05, 3.63) is 69.0 Å². The number of hydrogen-bond donors (Lipinski definition) is 0. The summed E-state index contributed by atoms with van der Waals surface area (Å²) in [5.41, 5.74) is 1.47. The lowest BCUT2D eigenvalue weighted by Crippen LogP contribution is -2.21. The predicted molar refractivity (Wildman–Crippen MR) is 105 cm³/mol. The molecule has 0 spiro atoms. The summed E-state index contributed by atoms with van der Waals surface area (Å²) in [5.74, 6) is -0.858. The molecule has 0 unspecified atom stereocenters. The summed E-state index contributed by atoms with van der Waals surface area (Å²) in [6, 6.07) is 6.28. The van der Waals surface area contributed by atoms with Crippen LogP contribution < -0.4 is 5.56 Å². The van der Waals surface area contributed by atoms with Crippen LogP contribution in [0.15, 0.2) is 41.6 Å². The van der Waals surface area contributed by atoms with E-state index in [9.17, 15) is 14.0 Å². The van der Waals surface area contributed by atoms with Gasteiger partial charge in [-0.1, -0.05) is 6.07 Å². The Balaban J connectivity index is 1.83. The van der Waals surface area contributed by atoms with Crippen molar-refractivity contribution in [3.63, 3.8) is 0 Å². The molecule has 0 radical (unpaired) electrons. The van der Waals surface area contributed by atoms with Gasteiger partial charge in [-0.2, -0.15) is 0 Å². The molecular formula is C20H16FN3O3S. The van der Waals surface area contributed by atoms with Crippen molar-refractivity contribution in [3.8, 4) is 0 Å². The largest absolute Gasteiger partial charge is 0.462 e. The number of carbonyl (C=O) groups excluding carboxylic acids is 1. The first kappa shape index (κ1) is 18.2. The number of rotatable bonds is 4. The van der Waals surface area contributed by atoms with E-state index in [0.717, 1.165) is 11.3 Å². The van der Waals surface area contributed by atoms with Crippen LogP contribution in [0.3, 0.4) is 0 Å². The van der Waals surface area contributed by atoms with Crippen molar-refractivity contribution in [1.29, 1.82) is 0 Å². The maximum absolute atomic E-state index is 14.0. The van der Waals surface area contributed by atoms with Crippen molar-refractivity contribution >= 4 is 38.4 Å². The number of hydrogen-bond acceptors (Lipinski definition) is 6. The van der Waals surface area contributed by atoms with E-state index in [1.54, 1.807) is 32.2 Å². The zero-order valence-electron chi connectivity index (χ0n) is 15.2. The fourth-order valence-electron chi connectivity index (χ4n) is 3.19. The molecule has 0 aliphatic rings. The number of aryl methyl sites for hydroxylation is 1. The number of halogens is 1. The minimum absolute atomic E-state index is 0.122. The molecule has 142 valence electrons. The van der Waals surface area contributed by atoms with Gasteiger partial charge in [0.1, 0.15) is 15.5 Å². The molecule has 4 rings (SSSR count). The van der Waals surface area contributed by atoms with E-state index >= 15 is 0 Å². The predicted octanol–water partition coefficient (Wildman–Crippen LogP) is 3.68. The first-order chi connectivity index (χ1) is 13.5. The molecule has 3 aromatic heterocycles. The van der Waals surface area contributed by atoms with E-state index in [4.69, 9.17) is 4.74 Å². The third-order valence-corrected chi connectivity index (χ3v) is 5.65. The fourth-order valence-corrected chi connectivity index (χ4v) is 4.23. The number of nitrogens with zero attached hydrogens (tertiary/aromatic N) is 3. The quantitative estimate of drug-likeness (QED) is 0.491. The van der Waals surface area contributed by atoms with Crippen LogP contribution in [0.2, 0.25) is 0 Å². The number of aromatic nitrogens is 3. The molecule has 8 heteroatoms. The molecule has 0 bridgehead atoms. The summed E-state index contributed by atoms with van der Waals surface area (Å²) in [4.78, 5) is 34.6. The number of carbonyl (C=O) groups is 1. The highest BCUT2D eigenvalue weighted by atomic mass is 32.1. The molecular weight excluding hydrogens is 381 g/mol. The summed E-state index contributed by atoms with van der Waals surface area (Å²) in [6.07, 6.45) is 3.04. The van der Waals surface area contributed by atoms with Gasteiger partial charge in [0.25, 0.3) is 5.56 Å². The van der Waals surface area contributed by atoms with Gasteiger partial charge in [0.05, 0.1) is 30.4 Å². The van der Waals surface area contributed by atoms with Gasteiger partial charge >= 0.3 is 5.97 Å². The van der Waals surface area contributed by atoms with E-state index in [2.05, 4.69) is 9.97 Å².